The first-order chi connectivity index (χ1) is 17.4. The first-order valence-electron chi connectivity index (χ1n) is 12.0. The van der Waals surface area contributed by atoms with Gasteiger partial charge < -0.3 is 24.7 Å². The summed E-state index contributed by atoms with van der Waals surface area (Å²) in [6.07, 6.45) is 0. The number of rotatable bonds is 7. The van der Waals surface area contributed by atoms with Crippen LogP contribution in [0, 0.1) is 13.8 Å². The van der Waals surface area contributed by atoms with Gasteiger partial charge in [-0.05, 0) is 61.3 Å². The van der Waals surface area contributed by atoms with Crippen LogP contribution in [0.1, 0.15) is 27.0 Å². The van der Waals surface area contributed by atoms with Gasteiger partial charge in [0.25, 0.3) is 5.56 Å². The summed E-state index contributed by atoms with van der Waals surface area (Å²) in [5, 5.41) is 4.63. The molecule has 1 aliphatic heterocycles. The molecule has 2 aromatic carbocycles. The van der Waals surface area contributed by atoms with E-state index in [1.165, 1.54) is 7.11 Å². The minimum atomic E-state index is -0.447. The van der Waals surface area contributed by atoms with E-state index in [4.69, 9.17) is 21.7 Å². The number of morpholine rings is 1. The summed E-state index contributed by atoms with van der Waals surface area (Å²) in [6, 6.07) is 13.2. The fraction of sp³-hybridized carbons (Fsp3) is 0.370. The molecule has 1 aromatic heterocycles. The first-order valence-corrected chi connectivity index (χ1v) is 12.4. The molecule has 9 heteroatoms. The Morgan fingerprint density at radius 3 is 2.69 bits per heavy atom. The summed E-state index contributed by atoms with van der Waals surface area (Å²) in [4.78, 5) is 32.6. The van der Waals surface area contributed by atoms with Crippen LogP contribution in [0.15, 0.2) is 47.3 Å². The molecule has 0 bridgehead atoms. The second-order valence-electron chi connectivity index (χ2n) is 9.01. The van der Waals surface area contributed by atoms with Crippen LogP contribution in [-0.2, 0) is 16.0 Å². The third kappa shape index (κ3) is 6.10. The third-order valence-corrected chi connectivity index (χ3v) is 6.74. The number of aromatic amines is 1. The molecule has 0 saturated carbocycles. The molecule has 0 radical (unpaired) electrons. The summed E-state index contributed by atoms with van der Waals surface area (Å²) in [5.74, 6) is -0.447. The van der Waals surface area contributed by atoms with E-state index in [1.807, 2.05) is 30.9 Å². The van der Waals surface area contributed by atoms with Crippen LogP contribution in [0.4, 0.5) is 5.69 Å². The molecule has 1 saturated heterocycles. The molecule has 0 amide bonds. The molecular formula is C27H32N4O4S. The van der Waals surface area contributed by atoms with Gasteiger partial charge in [0.15, 0.2) is 5.11 Å². The van der Waals surface area contributed by atoms with Crippen molar-refractivity contribution in [2.75, 3.05) is 51.8 Å². The number of nitrogens with one attached hydrogen (secondary N) is 2. The van der Waals surface area contributed by atoms with Crippen molar-refractivity contribution in [3.05, 3.63) is 75.1 Å². The summed E-state index contributed by atoms with van der Waals surface area (Å²) in [5.41, 5.74) is 4.47. The molecule has 3 aromatic rings. The van der Waals surface area contributed by atoms with Gasteiger partial charge in [-0.1, -0.05) is 23.8 Å². The lowest BCUT2D eigenvalue weighted by atomic mass is 10.1. The number of pyridine rings is 1. The van der Waals surface area contributed by atoms with E-state index in [9.17, 15) is 9.59 Å². The maximum Gasteiger partial charge on any atom is 0.339 e. The smallest absolute Gasteiger partial charge is 0.339 e. The fourth-order valence-electron chi connectivity index (χ4n) is 4.47. The van der Waals surface area contributed by atoms with Crippen molar-refractivity contribution >= 4 is 39.9 Å². The number of aryl methyl sites for hydroxylation is 2. The number of methoxy groups -OCH3 is 1. The highest BCUT2D eigenvalue weighted by Gasteiger charge is 2.19. The van der Waals surface area contributed by atoms with Crippen molar-refractivity contribution < 1.29 is 14.3 Å². The number of hydrogen-bond donors (Lipinski definition) is 2. The molecule has 0 unspecified atom stereocenters. The Bertz CT molecular complexity index is 1320. The Hall–Kier alpha value is -3.27. The molecule has 1 fully saturated rings. The van der Waals surface area contributed by atoms with E-state index in [0.717, 1.165) is 41.7 Å². The van der Waals surface area contributed by atoms with E-state index in [-0.39, 0.29) is 5.56 Å². The zero-order chi connectivity index (χ0) is 25.7. The van der Waals surface area contributed by atoms with Crippen molar-refractivity contribution in [2.45, 2.75) is 20.4 Å². The molecular weight excluding hydrogens is 476 g/mol. The predicted molar refractivity (Wildman–Crippen MR) is 146 cm³/mol. The number of nitrogens with zero attached hydrogens (tertiary/aromatic N) is 2. The molecule has 4 rings (SSSR count). The van der Waals surface area contributed by atoms with Crippen molar-refractivity contribution in [3.8, 4) is 0 Å². The van der Waals surface area contributed by atoms with Gasteiger partial charge in [-0.15, -0.1) is 0 Å². The number of carbonyl (C=O) groups excluding carboxylic acids is 1. The Kier molecular flexibility index (Phi) is 8.35. The number of fused-ring (bicyclic) bond motifs is 1. The number of benzene rings is 2. The fourth-order valence-corrected chi connectivity index (χ4v) is 4.73. The summed E-state index contributed by atoms with van der Waals surface area (Å²) in [6.45, 7) is 8.87. The van der Waals surface area contributed by atoms with Crippen LogP contribution in [0.3, 0.4) is 0 Å². The largest absolute Gasteiger partial charge is 0.465 e. The van der Waals surface area contributed by atoms with E-state index < -0.39 is 5.97 Å². The first kappa shape index (κ1) is 25.8. The lowest BCUT2D eigenvalue weighted by molar-refractivity contribution is 0.0358. The summed E-state index contributed by atoms with van der Waals surface area (Å²) >= 11 is 5.79. The second-order valence-corrected chi connectivity index (χ2v) is 9.40. The van der Waals surface area contributed by atoms with Gasteiger partial charge in [-0.2, -0.15) is 0 Å². The van der Waals surface area contributed by atoms with E-state index in [0.29, 0.717) is 48.2 Å². The number of carbonyl (C=O) groups is 1. The highest BCUT2D eigenvalue weighted by Crippen LogP contribution is 2.20. The van der Waals surface area contributed by atoms with Gasteiger partial charge in [0.1, 0.15) is 0 Å². The molecule has 0 spiro atoms. The molecule has 0 aliphatic carbocycles. The Morgan fingerprint density at radius 2 is 1.94 bits per heavy atom. The number of H-pyrrole nitrogens is 1. The lowest BCUT2D eigenvalue weighted by Gasteiger charge is -2.31. The average molecular weight is 509 g/mol. The van der Waals surface area contributed by atoms with E-state index >= 15 is 0 Å². The topological polar surface area (TPSA) is 86.9 Å². The molecule has 2 N–H and O–H groups in total. The number of hydrogen-bond acceptors (Lipinski definition) is 6. The van der Waals surface area contributed by atoms with Gasteiger partial charge in [0, 0.05) is 31.7 Å². The lowest BCUT2D eigenvalue weighted by Crippen LogP contribution is -2.44. The van der Waals surface area contributed by atoms with Crippen molar-refractivity contribution in [1.29, 1.82) is 0 Å². The summed E-state index contributed by atoms with van der Waals surface area (Å²) < 4.78 is 10.4. The number of para-hydroxylation sites is 1. The van der Waals surface area contributed by atoms with Crippen LogP contribution in [0.2, 0.25) is 0 Å². The van der Waals surface area contributed by atoms with Crippen molar-refractivity contribution in [2.24, 2.45) is 0 Å². The predicted octanol–water partition coefficient (Wildman–Crippen LogP) is 3.46. The minimum Gasteiger partial charge on any atom is -0.465 e. The monoisotopic (exact) mass is 508 g/mol. The van der Waals surface area contributed by atoms with Crippen molar-refractivity contribution in [3.63, 3.8) is 0 Å². The molecule has 2 heterocycles. The molecule has 190 valence electrons. The second kappa shape index (κ2) is 11.6. The maximum absolute atomic E-state index is 13.0. The average Bonchev–Trinajstić information content (AvgIpc) is 2.87. The number of thiocarbonyl (C=S) groups is 1. The van der Waals surface area contributed by atoms with Gasteiger partial charge in [0.2, 0.25) is 0 Å². The summed E-state index contributed by atoms with van der Waals surface area (Å²) in [7, 11) is 1.35. The quantitative estimate of drug-likeness (QED) is 0.371. The Labute approximate surface area is 216 Å². The van der Waals surface area contributed by atoms with Gasteiger partial charge in [-0.3, -0.25) is 9.69 Å². The SMILES string of the molecule is COC(=O)c1ccccc1NC(=S)N(CCN1CCOCC1)Cc1cc2cc(C)cc(C)c2[nH]c1=O. The third-order valence-electron chi connectivity index (χ3n) is 6.38. The minimum absolute atomic E-state index is 0.136. The highest BCUT2D eigenvalue weighted by molar-refractivity contribution is 7.80. The highest BCUT2D eigenvalue weighted by atomic mass is 32.1. The van der Waals surface area contributed by atoms with Gasteiger partial charge >= 0.3 is 5.97 Å². The standard InChI is InChI=1S/C27H32N4O4S/c1-18-14-19(2)24-20(15-18)16-21(25(32)29-24)17-31(9-8-30-10-12-35-13-11-30)27(36)28-23-7-5-4-6-22(23)26(33)34-3/h4-7,14-16H,8-13,17H2,1-3H3,(H,28,36)(H,29,32). The number of anilines is 1. The molecule has 8 nitrogen and oxygen atoms in total. The van der Waals surface area contributed by atoms with Gasteiger partial charge in [0.05, 0.1) is 43.6 Å². The molecule has 36 heavy (non-hydrogen) atoms. The number of esters is 1. The molecule has 1 aliphatic rings. The van der Waals surface area contributed by atoms with Crippen LogP contribution in [-0.4, -0.2) is 72.4 Å². The van der Waals surface area contributed by atoms with Crippen LogP contribution in [0.5, 0.6) is 0 Å². The number of ether oxygens (including phenoxy) is 2. The zero-order valence-electron chi connectivity index (χ0n) is 20.9. The van der Waals surface area contributed by atoms with Crippen LogP contribution >= 0.6 is 12.2 Å². The van der Waals surface area contributed by atoms with Crippen molar-refractivity contribution in [1.82, 2.24) is 14.8 Å². The van der Waals surface area contributed by atoms with Crippen LogP contribution < -0.4 is 10.9 Å². The zero-order valence-corrected chi connectivity index (χ0v) is 21.7. The normalized spacial score (nSPS) is 14.0. The van der Waals surface area contributed by atoms with Gasteiger partial charge in [-0.25, -0.2) is 4.79 Å². The Balaban J connectivity index is 1.61. The van der Waals surface area contributed by atoms with E-state index in [2.05, 4.69) is 27.3 Å². The van der Waals surface area contributed by atoms with E-state index in [1.54, 1.807) is 18.2 Å². The maximum atomic E-state index is 13.0. The molecule has 0 atom stereocenters. The number of aromatic nitrogens is 1. The Morgan fingerprint density at radius 1 is 1.19 bits per heavy atom. The van der Waals surface area contributed by atoms with Crippen LogP contribution in [0.25, 0.3) is 10.9 Å².